The van der Waals surface area contributed by atoms with Crippen LogP contribution in [0.25, 0.3) is 0 Å². The van der Waals surface area contributed by atoms with E-state index in [2.05, 4.69) is 25.2 Å². The van der Waals surface area contributed by atoms with E-state index in [4.69, 9.17) is 9.47 Å². The van der Waals surface area contributed by atoms with Crippen LogP contribution in [0.3, 0.4) is 0 Å². The van der Waals surface area contributed by atoms with Crippen LogP contribution in [-0.4, -0.2) is 19.8 Å². The van der Waals surface area contributed by atoms with E-state index in [1.54, 1.807) is 7.11 Å². The first-order chi connectivity index (χ1) is 8.60. The van der Waals surface area contributed by atoms with E-state index in [1.807, 2.05) is 12.1 Å². The van der Waals surface area contributed by atoms with E-state index in [-0.39, 0.29) is 0 Å². The molecule has 98 valence electrons. The predicted molar refractivity (Wildman–Crippen MR) is 71.2 cm³/mol. The Bertz CT molecular complexity index is 456. The molecule has 1 fully saturated rings. The lowest BCUT2D eigenvalue weighted by molar-refractivity contribution is 0.248. The van der Waals surface area contributed by atoms with Crippen molar-refractivity contribution in [3.05, 3.63) is 23.8 Å². The van der Waals surface area contributed by atoms with Gasteiger partial charge >= 0.3 is 0 Å². The smallest absolute Gasteiger partial charge is 0.124 e. The van der Waals surface area contributed by atoms with Crippen LogP contribution in [0.1, 0.15) is 38.3 Å². The Kier molecular flexibility index (Phi) is 2.74. The van der Waals surface area contributed by atoms with Crippen LogP contribution in [0.4, 0.5) is 0 Å². The lowest BCUT2D eigenvalue weighted by atomic mass is 9.99. The Labute approximate surface area is 108 Å². The predicted octanol–water partition coefficient (Wildman–Crippen LogP) is 2.91. The molecule has 2 unspecified atom stereocenters. The van der Waals surface area contributed by atoms with Gasteiger partial charge in [0.25, 0.3) is 0 Å². The fourth-order valence-electron chi connectivity index (χ4n) is 2.67. The molecule has 0 spiro atoms. The summed E-state index contributed by atoms with van der Waals surface area (Å²) >= 11 is 0. The van der Waals surface area contributed by atoms with Crippen molar-refractivity contribution >= 4 is 0 Å². The van der Waals surface area contributed by atoms with E-state index in [0.717, 1.165) is 24.5 Å². The van der Waals surface area contributed by atoms with E-state index in [1.165, 1.54) is 12.0 Å². The van der Waals surface area contributed by atoms with Crippen molar-refractivity contribution in [2.24, 2.45) is 5.41 Å². The Morgan fingerprint density at radius 1 is 1.39 bits per heavy atom. The molecular formula is C15H21NO2. The van der Waals surface area contributed by atoms with Crippen LogP contribution in [0.2, 0.25) is 0 Å². The maximum absolute atomic E-state index is 5.71. The van der Waals surface area contributed by atoms with Gasteiger partial charge in [-0.3, -0.25) is 0 Å². The number of nitrogens with one attached hydrogen (secondary N) is 1. The number of methoxy groups -OCH3 is 1. The minimum absolute atomic E-state index is 0.399. The molecule has 0 saturated heterocycles. The Morgan fingerprint density at radius 2 is 2.17 bits per heavy atom. The van der Waals surface area contributed by atoms with Crippen LogP contribution < -0.4 is 14.8 Å². The van der Waals surface area contributed by atoms with E-state index in [9.17, 15) is 0 Å². The lowest BCUT2D eigenvalue weighted by Crippen LogP contribution is -2.30. The van der Waals surface area contributed by atoms with Gasteiger partial charge in [-0.1, -0.05) is 13.8 Å². The van der Waals surface area contributed by atoms with Crippen molar-refractivity contribution in [3.63, 3.8) is 0 Å². The van der Waals surface area contributed by atoms with Crippen molar-refractivity contribution in [2.45, 2.75) is 38.8 Å². The first-order valence-corrected chi connectivity index (χ1v) is 6.67. The monoisotopic (exact) mass is 247 g/mol. The average Bonchev–Trinajstić information content (AvgIpc) is 2.96. The van der Waals surface area contributed by atoms with Gasteiger partial charge in [0, 0.05) is 24.1 Å². The number of hydrogen-bond donors (Lipinski definition) is 1. The molecule has 1 aliphatic heterocycles. The summed E-state index contributed by atoms with van der Waals surface area (Å²) in [5, 5.41) is 3.76. The van der Waals surface area contributed by atoms with E-state index >= 15 is 0 Å². The highest BCUT2D eigenvalue weighted by Gasteiger charge is 2.46. The van der Waals surface area contributed by atoms with Gasteiger partial charge in [0.2, 0.25) is 0 Å². The molecule has 2 aliphatic rings. The molecule has 0 aromatic heterocycles. The zero-order valence-electron chi connectivity index (χ0n) is 11.3. The lowest BCUT2D eigenvalue weighted by Gasteiger charge is -2.28. The molecule has 2 atom stereocenters. The molecular weight excluding hydrogens is 226 g/mol. The van der Waals surface area contributed by atoms with Gasteiger partial charge in [-0.2, -0.15) is 0 Å². The van der Waals surface area contributed by atoms with Crippen molar-refractivity contribution in [1.29, 1.82) is 0 Å². The summed E-state index contributed by atoms with van der Waals surface area (Å²) in [5.74, 6) is 1.90. The summed E-state index contributed by atoms with van der Waals surface area (Å²) in [4.78, 5) is 0. The van der Waals surface area contributed by atoms with Crippen molar-refractivity contribution < 1.29 is 9.47 Å². The molecule has 1 aliphatic carbocycles. The van der Waals surface area contributed by atoms with Gasteiger partial charge in [0.15, 0.2) is 0 Å². The van der Waals surface area contributed by atoms with Gasteiger partial charge in [-0.05, 0) is 30.0 Å². The Balaban J connectivity index is 1.82. The molecule has 1 aromatic rings. The third kappa shape index (κ3) is 2.07. The molecule has 1 N–H and O–H groups in total. The zero-order valence-corrected chi connectivity index (χ0v) is 11.3. The second-order valence-electron chi connectivity index (χ2n) is 6.01. The highest BCUT2D eigenvalue weighted by Crippen LogP contribution is 2.47. The molecule has 3 nitrogen and oxygen atoms in total. The maximum Gasteiger partial charge on any atom is 0.124 e. The summed E-state index contributed by atoms with van der Waals surface area (Å²) < 4.78 is 11.0. The van der Waals surface area contributed by atoms with Crippen LogP contribution >= 0.6 is 0 Å². The summed E-state index contributed by atoms with van der Waals surface area (Å²) in [5.41, 5.74) is 1.69. The molecule has 0 radical (unpaired) electrons. The van der Waals surface area contributed by atoms with Crippen molar-refractivity contribution in [2.75, 3.05) is 13.7 Å². The Hall–Kier alpha value is -1.22. The van der Waals surface area contributed by atoms with Crippen molar-refractivity contribution in [3.8, 4) is 11.5 Å². The quantitative estimate of drug-likeness (QED) is 0.891. The minimum atomic E-state index is 0.399. The molecule has 3 rings (SSSR count). The van der Waals surface area contributed by atoms with Gasteiger partial charge < -0.3 is 14.8 Å². The fraction of sp³-hybridized carbons (Fsp3) is 0.600. The first-order valence-electron chi connectivity index (χ1n) is 6.67. The summed E-state index contributed by atoms with van der Waals surface area (Å²) in [6.07, 6.45) is 2.30. The standard InChI is InChI=1S/C15H21NO2/c1-15(2)9-14(15)16-12-6-7-18-13-5-4-10(17-3)8-11(12)13/h4-5,8,12,14,16H,6-7,9H2,1-3H3. The third-order valence-electron chi connectivity index (χ3n) is 4.17. The van der Waals surface area contributed by atoms with Crippen LogP contribution in [0, 0.1) is 5.41 Å². The van der Waals surface area contributed by atoms with Gasteiger partial charge in [-0.25, -0.2) is 0 Å². The Morgan fingerprint density at radius 3 is 2.83 bits per heavy atom. The largest absolute Gasteiger partial charge is 0.497 e. The van der Waals surface area contributed by atoms with Crippen LogP contribution in [0.5, 0.6) is 11.5 Å². The van der Waals surface area contributed by atoms with Crippen LogP contribution in [0.15, 0.2) is 18.2 Å². The summed E-state index contributed by atoms with van der Waals surface area (Å²) in [6, 6.07) is 7.11. The number of rotatable bonds is 3. The first kappa shape index (κ1) is 11.8. The van der Waals surface area contributed by atoms with Gasteiger partial charge in [-0.15, -0.1) is 0 Å². The number of hydrogen-bond acceptors (Lipinski definition) is 3. The number of benzene rings is 1. The van der Waals surface area contributed by atoms with Crippen LogP contribution in [-0.2, 0) is 0 Å². The SMILES string of the molecule is COc1ccc2c(c1)C(NC1CC1(C)C)CCO2. The minimum Gasteiger partial charge on any atom is -0.497 e. The molecule has 1 saturated carbocycles. The summed E-state index contributed by atoms with van der Waals surface area (Å²) in [6.45, 7) is 5.43. The highest BCUT2D eigenvalue weighted by atomic mass is 16.5. The number of fused-ring (bicyclic) bond motifs is 1. The van der Waals surface area contributed by atoms with E-state index < -0.39 is 0 Å². The second kappa shape index (κ2) is 4.16. The topological polar surface area (TPSA) is 30.5 Å². The molecule has 18 heavy (non-hydrogen) atoms. The molecule has 0 amide bonds. The zero-order chi connectivity index (χ0) is 12.8. The van der Waals surface area contributed by atoms with Crippen molar-refractivity contribution in [1.82, 2.24) is 5.32 Å². The van der Waals surface area contributed by atoms with E-state index in [0.29, 0.717) is 17.5 Å². The average molecular weight is 247 g/mol. The molecule has 1 aromatic carbocycles. The molecule has 0 bridgehead atoms. The maximum atomic E-state index is 5.71. The normalized spacial score (nSPS) is 28.2. The van der Waals surface area contributed by atoms with Gasteiger partial charge in [0.1, 0.15) is 11.5 Å². The third-order valence-corrected chi connectivity index (χ3v) is 4.17. The summed E-state index contributed by atoms with van der Waals surface area (Å²) in [7, 11) is 1.71. The fourth-order valence-corrected chi connectivity index (χ4v) is 2.67. The van der Waals surface area contributed by atoms with Gasteiger partial charge in [0.05, 0.1) is 13.7 Å². The molecule has 3 heteroatoms. The molecule has 1 heterocycles. The highest BCUT2D eigenvalue weighted by molar-refractivity contribution is 5.43. The second-order valence-corrected chi connectivity index (χ2v) is 6.01. The number of ether oxygens (including phenoxy) is 2.